The zero-order valence-electron chi connectivity index (χ0n) is 47.1. The zero-order valence-corrected chi connectivity index (χ0v) is 47.1. The number of unbranched alkanes of at least 4 members (excludes halogenated alkanes) is 40. The Labute approximate surface area is 435 Å². The van der Waals surface area contributed by atoms with Crippen LogP contribution in [0, 0.1) is 0 Å². The molecule has 0 radical (unpaired) electrons. The summed E-state index contributed by atoms with van der Waals surface area (Å²) in [7, 11) is 0. The second-order valence-electron chi connectivity index (χ2n) is 21.0. The third-order valence-electron chi connectivity index (χ3n) is 13.9. The highest BCUT2D eigenvalue weighted by atomic mass is 16.6. The van der Waals surface area contributed by atoms with Crippen molar-refractivity contribution in [3.05, 3.63) is 36.5 Å². The summed E-state index contributed by atoms with van der Waals surface area (Å²) in [5.74, 6) is -0.874. The highest BCUT2D eigenvalue weighted by Gasteiger charge is 2.19. The summed E-state index contributed by atoms with van der Waals surface area (Å²) in [5.41, 5.74) is 0. The lowest BCUT2D eigenvalue weighted by molar-refractivity contribution is -0.167. The van der Waals surface area contributed by atoms with Crippen LogP contribution in [-0.4, -0.2) is 37.2 Å². The molecule has 410 valence electrons. The lowest BCUT2D eigenvalue weighted by atomic mass is 10.0. The molecule has 70 heavy (non-hydrogen) atoms. The largest absolute Gasteiger partial charge is 0.462 e. The van der Waals surface area contributed by atoms with E-state index in [0.717, 1.165) is 70.6 Å². The predicted molar refractivity (Wildman–Crippen MR) is 302 cm³/mol. The van der Waals surface area contributed by atoms with Crippen molar-refractivity contribution >= 4 is 17.9 Å². The van der Waals surface area contributed by atoms with Crippen molar-refractivity contribution in [3.63, 3.8) is 0 Å². The molecule has 0 bridgehead atoms. The highest BCUT2D eigenvalue weighted by molar-refractivity contribution is 5.71. The smallest absolute Gasteiger partial charge is 0.306 e. The summed E-state index contributed by atoms with van der Waals surface area (Å²) in [6, 6.07) is 0. The minimum atomic E-state index is -0.769. The minimum absolute atomic E-state index is 0.0712. The second-order valence-corrected chi connectivity index (χ2v) is 21.0. The Balaban J connectivity index is 3.90. The van der Waals surface area contributed by atoms with Crippen molar-refractivity contribution < 1.29 is 28.6 Å². The summed E-state index contributed by atoms with van der Waals surface area (Å²) in [6.45, 7) is 6.58. The first-order chi connectivity index (χ1) is 34.5. The van der Waals surface area contributed by atoms with Crippen LogP contribution in [0.1, 0.15) is 335 Å². The van der Waals surface area contributed by atoms with E-state index in [2.05, 4.69) is 57.2 Å². The predicted octanol–water partition coefficient (Wildman–Crippen LogP) is 20.8. The summed E-state index contributed by atoms with van der Waals surface area (Å²) in [6.07, 6.45) is 72.1. The Morgan fingerprint density at radius 2 is 0.514 bits per heavy atom. The fraction of sp³-hybridized carbons (Fsp3) is 0.859. The van der Waals surface area contributed by atoms with Crippen molar-refractivity contribution in [3.8, 4) is 0 Å². The van der Waals surface area contributed by atoms with Crippen molar-refractivity contribution in [2.24, 2.45) is 0 Å². The van der Waals surface area contributed by atoms with E-state index in [4.69, 9.17) is 14.2 Å². The number of carbonyl (C=O) groups excluding carboxylic acids is 3. The van der Waals surface area contributed by atoms with Crippen LogP contribution in [0.25, 0.3) is 0 Å². The third-order valence-corrected chi connectivity index (χ3v) is 13.9. The van der Waals surface area contributed by atoms with Gasteiger partial charge in [-0.1, -0.05) is 276 Å². The van der Waals surface area contributed by atoms with Crippen molar-refractivity contribution in [2.45, 2.75) is 341 Å². The number of carbonyl (C=O) groups is 3. The van der Waals surface area contributed by atoms with Crippen LogP contribution in [0.5, 0.6) is 0 Å². The molecule has 0 saturated carbocycles. The molecule has 6 heteroatoms. The molecular weight excluding hydrogens is 865 g/mol. The van der Waals surface area contributed by atoms with Crippen LogP contribution >= 0.6 is 0 Å². The first kappa shape index (κ1) is 67.6. The number of hydrogen-bond donors (Lipinski definition) is 0. The second kappa shape index (κ2) is 59.2. The van der Waals surface area contributed by atoms with Gasteiger partial charge in [0.25, 0.3) is 0 Å². The molecule has 0 aliphatic heterocycles. The van der Waals surface area contributed by atoms with Gasteiger partial charge >= 0.3 is 17.9 Å². The van der Waals surface area contributed by atoms with Gasteiger partial charge in [0.15, 0.2) is 6.10 Å². The molecule has 0 fully saturated rings. The topological polar surface area (TPSA) is 78.9 Å². The molecule has 0 amide bonds. The maximum atomic E-state index is 12.8. The molecule has 6 nitrogen and oxygen atoms in total. The fourth-order valence-electron chi connectivity index (χ4n) is 9.18. The number of esters is 3. The van der Waals surface area contributed by atoms with Gasteiger partial charge in [-0.25, -0.2) is 0 Å². The summed E-state index contributed by atoms with van der Waals surface area (Å²) in [4.78, 5) is 37.8. The van der Waals surface area contributed by atoms with Crippen LogP contribution in [-0.2, 0) is 28.6 Å². The summed E-state index contributed by atoms with van der Waals surface area (Å²) in [5, 5.41) is 0. The van der Waals surface area contributed by atoms with Crippen LogP contribution < -0.4 is 0 Å². The molecule has 0 aliphatic carbocycles. The van der Waals surface area contributed by atoms with Crippen LogP contribution in [0.4, 0.5) is 0 Å². The minimum Gasteiger partial charge on any atom is -0.462 e. The van der Waals surface area contributed by atoms with Gasteiger partial charge in [-0.2, -0.15) is 0 Å². The third kappa shape index (κ3) is 56.5. The van der Waals surface area contributed by atoms with Crippen LogP contribution in [0.3, 0.4) is 0 Å². The van der Waals surface area contributed by atoms with Gasteiger partial charge in [-0.05, 0) is 77.0 Å². The van der Waals surface area contributed by atoms with E-state index in [1.165, 1.54) is 225 Å². The van der Waals surface area contributed by atoms with E-state index < -0.39 is 6.10 Å². The van der Waals surface area contributed by atoms with Gasteiger partial charge < -0.3 is 14.2 Å². The normalized spacial score (nSPS) is 12.2. The number of allylic oxidation sites excluding steroid dienone is 6. The van der Waals surface area contributed by atoms with Crippen molar-refractivity contribution in [1.82, 2.24) is 0 Å². The maximum absolute atomic E-state index is 12.8. The number of rotatable bonds is 57. The maximum Gasteiger partial charge on any atom is 0.306 e. The lowest BCUT2D eigenvalue weighted by Gasteiger charge is -2.18. The molecule has 0 aliphatic rings. The van der Waals surface area contributed by atoms with E-state index in [0.29, 0.717) is 19.3 Å². The molecule has 1 unspecified atom stereocenters. The highest BCUT2D eigenvalue weighted by Crippen LogP contribution is 2.17. The molecule has 0 saturated heterocycles. The number of hydrogen-bond acceptors (Lipinski definition) is 6. The molecule has 0 aromatic carbocycles. The molecule has 0 spiro atoms. The Kier molecular flexibility index (Phi) is 57.2. The Morgan fingerprint density at radius 1 is 0.286 bits per heavy atom. The first-order valence-electron chi connectivity index (χ1n) is 31.0. The average molecular weight is 984 g/mol. The fourth-order valence-corrected chi connectivity index (χ4v) is 9.18. The van der Waals surface area contributed by atoms with Crippen molar-refractivity contribution in [1.29, 1.82) is 0 Å². The van der Waals surface area contributed by atoms with Gasteiger partial charge in [0.05, 0.1) is 0 Å². The van der Waals surface area contributed by atoms with Gasteiger partial charge in [-0.3, -0.25) is 14.4 Å². The van der Waals surface area contributed by atoms with E-state index in [1.807, 2.05) is 0 Å². The summed E-state index contributed by atoms with van der Waals surface area (Å²) >= 11 is 0. The zero-order chi connectivity index (χ0) is 50.7. The van der Waals surface area contributed by atoms with Crippen LogP contribution in [0.15, 0.2) is 36.5 Å². The molecular formula is C64H118O6. The van der Waals surface area contributed by atoms with Gasteiger partial charge in [0.2, 0.25) is 0 Å². The molecule has 0 aromatic heterocycles. The lowest BCUT2D eigenvalue weighted by Crippen LogP contribution is -2.30. The molecule has 0 rings (SSSR count). The molecule has 0 aromatic rings. The van der Waals surface area contributed by atoms with Crippen molar-refractivity contribution in [2.75, 3.05) is 13.2 Å². The van der Waals surface area contributed by atoms with Gasteiger partial charge in [0.1, 0.15) is 13.2 Å². The Bertz CT molecular complexity index is 1170. The van der Waals surface area contributed by atoms with E-state index in [-0.39, 0.29) is 31.1 Å². The SMILES string of the molecule is CCCCCC/C=C\CCCCCCCC(=O)OC(COC(=O)CCCCCCCC)COC(=O)CCCCCCCCCCCCCCCCCCCCCCC/C=C\C/C=C\CCCCCCC. The Hall–Kier alpha value is -2.37. The van der Waals surface area contributed by atoms with E-state index >= 15 is 0 Å². The quantitative estimate of drug-likeness (QED) is 0.0261. The van der Waals surface area contributed by atoms with E-state index in [9.17, 15) is 14.4 Å². The monoisotopic (exact) mass is 983 g/mol. The average Bonchev–Trinajstić information content (AvgIpc) is 3.36. The molecule has 1 atom stereocenters. The van der Waals surface area contributed by atoms with E-state index in [1.54, 1.807) is 0 Å². The summed E-state index contributed by atoms with van der Waals surface area (Å²) < 4.78 is 16.7. The Morgan fingerprint density at radius 3 is 0.814 bits per heavy atom. The number of ether oxygens (including phenoxy) is 3. The molecule has 0 heterocycles. The van der Waals surface area contributed by atoms with Gasteiger partial charge in [-0.15, -0.1) is 0 Å². The van der Waals surface area contributed by atoms with Crippen LogP contribution in [0.2, 0.25) is 0 Å². The first-order valence-corrected chi connectivity index (χ1v) is 31.0. The molecule has 0 N–H and O–H groups in total. The van der Waals surface area contributed by atoms with Gasteiger partial charge in [0, 0.05) is 19.3 Å². The standard InChI is InChI=1S/C64H118O6/c1-4-7-10-13-16-18-20-22-23-24-25-26-27-28-29-30-31-32-33-34-35-36-37-38-39-40-41-43-44-46-48-51-54-57-63(66)69-60-61(59-68-62(65)56-53-50-15-12-9-6-3)70-64(67)58-55-52-49-47-45-42-21-19-17-14-11-8-5-2/h19-22,24-25,61H,4-18,23,26-60H2,1-3H3/b21-19-,22-20-,25-24-.